The summed E-state index contributed by atoms with van der Waals surface area (Å²) in [5.41, 5.74) is 10.6. The zero-order valence-corrected chi connectivity index (χ0v) is 6.42. The van der Waals surface area contributed by atoms with Gasteiger partial charge in [-0.15, -0.1) is 0 Å². The molecule has 0 aliphatic carbocycles. The van der Waals surface area contributed by atoms with Gasteiger partial charge >= 0.3 is 5.97 Å². The molecule has 0 radical (unpaired) electrons. The summed E-state index contributed by atoms with van der Waals surface area (Å²) in [6.07, 6.45) is -0.00241. The SMILES string of the molecule is NCCNCC(N)CC(=O)O. The molecule has 1 atom stereocenters. The van der Waals surface area contributed by atoms with Crippen LogP contribution in [-0.2, 0) is 4.79 Å². The van der Waals surface area contributed by atoms with E-state index in [1.165, 1.54) is 0 Å². The Labute approximate surface area is 65.7 Å². The molecule has 66 valence electrons. The summed E-state index contributed by atoms with van der Waals surface area (Å²) in [7, 11) is 0. The zero-order chi connectivity index (χ0) is 8.69. The van der Waals surface area contributed by atoms with Crippen LogP contribution in [0.15, 0.2) is 0 Å². The summed E-state index contributed by atoms with van der Waals surface area (Å²) in [6, 6.07) is -0.320. The van der Waals surface area contributed by atoms with Gasteiger partial charge in [0, 0.05) is 25.7 Å². The minimum Gasteiger partial charge on any atom is -0.481 e. The molecule has 5 nitrogen and oxygen atoms in total. The molecule has 0 saturated carbocycles. The lowest BCUT2D eigenvalue weighted by Gasteiger charge is -2.08. The molecule has 5 heteroatoms. The van der Waals surface area contributed by atoms with Crippen molar-refractivity contribution in [3.8, 4) is 0 Å². The molecule has 1 unspecified atom stereocenters. The number of aliphatic carboxylic acids is 1. The van der Waals surface area contributed by atoms with E-state index in [2.05, 4.69) is 5.32 Å². The van der Waals surface area contributed by atoms with Crippen LogP contribution in [0.3, 0.4) is 0 Å². The third kappa shape index (κ3) is 7.24. The fourth-order valence-corrected chi connectivity index (χ4v) is 0.686. The lowest BCUT2D eigenvalue weighted by atomic mass is 10.2. The Balaban J connectivity index is 3.22. The van der Waals surface area contributed by atoms with Crippen LogP contribution in [0.4, 0.5) is 0 Å². The summed E-state index contributed by atoms with van der Waals surface area (Å²) < 4.78 is 0. The lowest BCUT2D eigenvalue weighted by molar-refractivity contribution is -0.137. The Hall–Kier alpha value is -0.650. The molecule has 0 aromatic rings. The molecule has 0 saturated heterocycles. The second kappa shape index (κ2) is 6.09. The number of hydrogen-bond donors (Lipinski definition) is 4. The maximum atomic E-state index is 10.1. The van der Waals surface area contributed by atoms with E-state index in [4.69, 9.17) is 16.6 Å². The first-order valence-corrected chi connectivity index (χ1v) is 3.55. The van der Waals surface area contributed by atoms with E-state index in [0.29, 0.717) is 19.6 Å². The number of carboxylic acid groups (broad SMARTS) is 1. The average molecular weight is 161 g/mol. The van der Waals surface area contributed by atoms with Crippen LogP contribution in [0, 0.1) is 0 Å². The molecule has 0 bridgehead atoms. The Morgan fingerprint density at radius 1 is 1.64 bits per heavy atom. The molecular formula is C6H15N3O2. The van der Waals surface area contributed by atoms with E-state index in [1.807, 2.05) is 0 Å². The van der Waals surface area contributed by atoms with Gasteiger partial charge in [0.15, 0.2) is 0 Å². The number of carbonyl (C=O) groups is 1. The molecule has 0 rings (SSSR count). The largest absolute Gasteiger partial charge is 0.481 e. The molecule has 0 fully saturated rings. The van der Waals surface area contributed by atoms with Crippen LogP contribution in [0.2, 0.25) is 0 Å². The Kier molecular flexibility index (Phi) is 5.73. The van der Waals surface area contributed by atoms with Gasteiger partial charge in [0.1, 0.15) is 0 Å². The van der Waals surface area contributed by atoms with Crippen molar-refractivity contribution in [3.63, 3.8) is 0 Å². The van der Waals surface area contributed by atoms with Gasteiger partial charge in [0.05, 0.1) is 6.42 Å². The number of hydrogen-bond acceptors (Lipinski definition) is 4. The van der Waals surface area contributed by atoms with Crippen molar-refractivity contribution in [2.75, 3.05) is 19.6 Å². The second-order valence-corrected chi connectivity index (χ2v) is 2.35. The number of rotatable bonds is 6. The van der Waals surface area contributed by atoms with E-state index in [1.54, 1.807) is 0 Å². The van der Waals surface area contributed by atoms with Gasteiger partial charge in [-0.05, 0) is 0 Å². The van der Waals surface area contributed by atoms with E-state index in [-0.39, 0.29) is 12.5 Å². The quantitative estimate of drug-likeness (QED) is 0.349. The first kappa shape index (κ1) is 10.3. The predicted molar refractivity (Wildman–Crippen MR) is 42.2 cm³/mol. The molecule has 6 N–H and O–H groups in total. The summed E-state index contributed by atoms with van der Waals surface area (Å²) in [4.78, 5) is 10.1. The molecular weight excluding hydrogens is 146 g/mol. The van der Waals surface area contributed by atoms with E-state index < -0.39 is 5.97 Å². The van der Waals surface area contributed by atoms with Crippen molar-refractivity contribution in [1.29, 1.82) is 0 Å². The van der Waals surface area contributed by atoms with Gasteiger partial charge in [-0.3, -0.25) is 4.79 Å². The molecule has 0 spiro atoms. The summed E-state index contributed by atoms with van der Waals surface area (Å²) in [5, 5.41) is 11.2. The third-order valence-electron chi connectivity index (χ3n) is 1.16. The summed E-state index contributed by atoms with van der Waals surface area (Å²) in [6.45, 7) is 1.72. The van der Waals surface area contributed by atoms with E-state index in [0.717, 1.165) is 0 Å². The Morgan fingerprint density at radius 3 is 2.73 bits per heavy atom. The first-order chi connectivity index (χ1) is 5.16. The van der Waals surface area contributed by atoms with Crippen LogP contribution in [0.1, 0.15) is 6.42 Å². The Morgan fingerprint density at radius 2 is 2.27 bits per heavy atom. The minimum absolute atomic E-state index is 0.00241. The van der Waals surface area contributed by atoms with E-state index in [9.17, 15) is 4.79 Å². The maximum absolute atomic E-state index is 10.1. The highest BCUT2D eigenvalue weighted by molar-refractivity contribution is 5.67. The van der Waals surface area contributed by atoms with Gasteiger partial charge in [-0.25, -0.2) is 0 Å². The van der Waals surface area contributed by atoms with Gasteiger partial charge in [0.2, 0.25) is 0 Å². The zero-order valence-electron chi connectivity index (χ0n) is 6.42. The van der Waals surface area contributed by atoms with Crippen molar-refractivity contribution in [3.05, 3.63) is 0 Å². The van der Waals surface area contributed by atoms with Crippen LogP contribution >= 0.6 is 0 Å². The van der Waals surface area contributed by atoms with Gasteiger partial charge in [-0.1, -0.05) is 0 Å². The van der Waals surface area contributed by atoms with Crippen LogP contribution < -0.4 is 16.8 Å². The van der Waals surface area contributed by atoms with Gasteiger partial charge in [-0.2, -0.15) is 0 Å². The highest BCUT2D eigenvalue weighted by Gasteiger charge is 2.05. The fraction of sp³-hybridized carbons (Fsp3) is 0.833. The third-order valence-corrected chi connectivity index (χ3v) is 1.16. The molecule has 0 aliphatic rings. The average Bonchev–Trinajstić information content (AvgIpc) is 1.86. The predicted octanol–water partition coefficient (Wildman–Crippen LogP) is -1.66. The Bertz CT molecular complexity index is 118. The highest BCUT2D eigenvalue weighted by atomic mass is 16.4. The van der Waals surface area contributed by atoms with Gasteiger partial charge in [0.25, 0.3) is 0 Å². The second-order valence-electron chi connectivity index (χ2n) is 2.35. The summed E-state index contributed by atoms with van der Waals surface area (Å²) >= 11 is 0. The van der Waals surface area contributed by atoms with Crippen molar-refractivity contribution in [2.45, 2.75) is 12.5 Å². The molecule has 0 heterocycles. The van der Waals surface area contributed by atoms with Crippen molar-refractivity contribution >= 4 is 5.97 Å². The van der Waals surface area contributed by atoms with Crippen molar-refractivity contribution in [2.24, 2.45) is 11.5 Å². The molecule has 0 aromatic carbocycles. The molecule has 11 heavy (non-hydrogen) atoms. The van der Waals surface area contributed by atoms with Crippen LogP contribution in [-0.4, -0.2) is 36.8 Å². The van der Waals surface area contributed by atoms with Crippen molar-refractivity contribution in [1.82, 2.24) is 5.32 Å². The number of nitrogens with two attached hydrogens (primary N) is 2. The summed E-state index contributed by atoms with van der Waals surface area (Å²) in [5.74, 6) is -0.868. The lowest BCUT2D eigenvalue weighted by Crippen LogP contribution is -2.37. The van der Waals surface area contributed by atoms with E-state index >= 15 is 0 Å². The fourth-order valence-electron chi connectivity index (χ4n) is 0.686. The number of carboxylic acids is 1. The van der Waals surface area contributed by atoms with Gasteiger partial charge < -0.3 is 21.9 Å². The minimum atomic E-state index is -0.868. The van der Waals surface area contributed by atoms with Crippen LogP contribution in [0.5, 0.6) is 0 Å². The standard InChI is InChI=1S/C6H15N3O2/c7-1-2-9-4-5(8)3-6(10)11/h5,9H,1-4,7-8H2,(H,10,11). The molecule has 0 aliphatic heterocycles. The molecule has 0 amide bonds. The smallest absolute Gasteiger partial charge is 0.304 e. The monoisotopic (exact) mass is 161 g/mol. The first-order valence-electron chi connectivity index (χ1n) is 3.55. The van der Waals surface area contributed by atoms with Crippen molar-refractivity contribution < 1.29 is 9.90 Å². The topological polar surface area (TPSA) is 101 Å². The molecule has 0 aromatic heterocycles. The number of nitrogens with one attached hydrogen (secondary N) is 1. The normalized spacial score (nSPS) is 12.9. The maximum Gasteiger partial charge on any atom is 0.304 e. The van der Waals surface area contributed by atoms with Crippen LogP contribution in [0.25, 0.3) is 0 Å². The highest BCUT2D eigenvalue weighted by Crippen LogP contribution is 1.84.